The first-order valence-electron chi connectivity index (χ1n) is 6.30. The van der Waals surface area contributed by atoms with Gasteiger partial charge < -0.3 is 0 Å². The van der Waals surface area contributed by atoms with Gasteiger partial charge in [-0.3, -0.25) is 0 Å². The number of rotatable bonds is 4. The highest BCUT2D eigenvalue weighted by molar-refractivity contribution is 9.10. The Kier molecular flexibility index (Phi) is 5.69. The minimum atomic E-state index is -3.51. The van der Waals surface area contributed by atoms with Crippen LogP contribution in [-0.4, -0.2) is 26.3 Å². The first-order valence-corrected chi connectivity index (χ1v) is 9.07. The maximum atomic E-state index is 12.7. The number of alkyl halides is 1. The number of sulfonamides is 1. The van der Waals surface area contributed by atoms with Crippen molar-refractivity contribution in [3.05, 3.63) is 27.7 Å². The maximum Gasteiger partial charge on any atom is 0.243 e. The van der Waals surface area contributed by atoms with Crippen LogP contribution in [0.2, 0.25) is 0 Å². The molecule has 0 aliphatic heterocycles. The second kappa shape index (κ2) is 6.34. The highest BCUT2D eigenvalue weighted by atomic mass is 79.9. The molecule has 0 bridgehead atoms. The van der Waals surface area contributed by atoms with Gasteiger partial charge in [0.25, 0.3) is 0 Å². The van der Waals surface area contributed by atoms with E-state index < -0.39 is 10.0 Å². The Bertz CT molecular complexity index is 594. The fraction of sp³-hybridized carbons (Fsp3) is 0.571. The molecule has 1 aromatic carbocycles. The number of hydrogen-bond acceptors (Lipinski definition) is 2. The summed E-state index contributed by atoms with van der Waals surface area (Å²) < 4.78 is 27.6. The third-order valence-electron chi connectivity index (χ3n) is 2.90. The molecule has 0 saturated carbocycles. The molecule has 3 nitrogen and oxygen atoms in total. The fourth-order valence-electron chi connectivity index (χ4n) is 1.97. The summed E-state index contributed by atoms with van der Waals surface area (Å²) in [5.74, 6) is 0.282. The molecule has 1 rings (SSSR count). The van der Waals surface area contributed by atoms with Crippen LogP contribution in [0.1, 0.15) is 31.9 Å². The van der Waals surface area contributed by atoms with Gasteiger partial charge in [-0.25, -0.2) is 12.7 Å². The zero-order valence-corrected chi connectivity index (χ0v) is 15.7. The molecule has 0 N–H and O–H groups in total. The van der Waals surface area contributed by atoms with Crippen molar-refractivity contribution in [2.45, 2.75) is 38.5 Å². The van der Waals surface area contributed by atoms with Crippen LogP contribution >= 0.6 is 27.5 Å². The van der Waals surface area contributed by atoms with Gasteiger partial charge in [-0.15, -0.1) is 11.6 Å². The van der Waals surface area contributed by atoms with E-state index in [-0.39, 0.29) is 11.3 Å². The predicted octanol–water partition coefficient (Wildman–Crippen LogP) is 4.16. The normalized spacial score (nSPS) is 13.0. The molecule has 114 valence electrons. The topological polar surface area (TPSA) is 37.4 Å². The van der Waals surface area contributed by atoms with Gasteiger partial charge in [-0.2, -0.15) is 0 Å². The number of benzene rings is 1. The molecule has 0 saturated heterocycles. The van der Waals surface area contributed by atoms with Crippen LogP contribution in [0.4, 0.5) is 0 Å². The Morgan fingerprint density at radius 3 is 2.30 bits per heavy atom. The second-order valence-corrected chi connectivity index (χ2v) is 9.29. The fourth-order valence-corrected chi connectivity index (χ4v) is 4.46. The summed E-state index contributed by atoms with van der Waals surface area (Å²) in [6.07, 6.45) is 0. The highest BCUT2D eigenvalue weighted by Crippen LogP contribution is 2.29. The Balaban J connectivity index is 3.32. The molecular weight excluding hydrogens is 362 g/mol. The quantitative estimate of drug-likeness (QED) is 0.733. The number of halogens is 2. The molecule has 20 heavy (non-hydrogen) atoms. The van der Waals surface area contributed by atoms with Crippen molar-refractivity contribution in [1.82, 2.24) is 4.31 Å². The van der Waals surface area contributed by atoms with Crippen molar-refractivity contribution in [1.29, 1.82) is 0 Å². The van der Waals surface area contributed by atoms with Crippen LogP contribution < -0.4 is 0 Å². The third-order valence-corrected chi connectivity index (χ3v) is 5.96. The second-order valence-electron chi connectivity index (χ2n) is 6.16. The van der Waals surface area contributed by atoms with Gasteiger partial charge in [-0.05, 0) is 35.6 Å². The molecular formula is C14H21BrClNO2S. The zero-order chi connectivity index (χ0) is 15.7. The first kappa shape index (κ1) is 18.0. The monoisotopic (exact) mass is 381 g/mol. The van der Waals surface area contributed by atoms with Crippen LogP contribution in [0.3, 0.4) is 0 Å². The Hall–Kier alpha value is -0.100. The van der Waals surface area contributed by atoms with E-state index in [2.05, 4.69) is 15.9 Å². The van der Waals surface area contributed by atoms with Gasteiger partial charge in [-0.1, -0.05) is 36.7 Å². The SMILES string of the molecule is Cc1c(Br)cc(CCl)cc1S(=O)(=O)N(C)CC(C)(C)C. The van der Waals surface area contributed by atoms with Gasteiger partial charge in [0.2, 0.25) is 10.0 Å². The summed E-state index contributed by atoms with van der Waals surface area (Å²) in [6.45, 7) is 8.28. The lowest BCUT2D eigenvalue weighted by Crippen LogP contribution is -2.35. The highest BCUT2D eigenvalue weighted by Gasteiger charge is 2.27. The lowest BCUT2D eigenvalue weighted by atomic mass is 9.97. The Labute approximate surface area is 135 Å². The van der Waals surface area contributed by atoms with E-state index in [9.17, 15) is 8.42 Å². The summed E-state index contributed by atoms with van der Waals surface area (Å²) in [5, 5.41) is 0. The summed E-state index contributed by atoms with van der Waals surface area (Å²) >= 11 is 9.23. The van der Waals surface area contributed by atoms with Gasteiger partial charge in [0, 0.05) is 23.9 Å². The standard InChI is InChI=1S/C14H21BrClNO2S/c1-10-12(15)6-11(8-16)7-13(10)20(18,19)17(5)9-14(2,3)4/h6-7H,8-9H2,1-5H3. The molecule has 0 radical (unpaired) electrons. The lowest BCUT2D eigenvalue weighted by Gasteiger charge is -2.27. The largest absolute Gasteiger partial charge is 0.243 e. The molecule has 0 spiro atoms. The van der Waals surface area contributed by atoms with Crippen molar-refractivity contribution in [3.63, 3.8) is 0 Å². The maximum absolute atomic E-state index is 12.7. The molecule has 1 aromatic rings. The van der Waals surface area contributed by atoms with E-state index in [1.165, 1.54) is 4.31 Å². The van der Waals surface area contributed by atoms with E-state index in [0.29, 0.717) is 17.0 Å². The molecule has 0 fully saturated rings. The number of hydrogen-bond donors (Lipinski definition) is 0. The number of nitrogens with zero attached hydrogens (tertiary/aromatic N) is 1. The molecule has 0 amide bonds. The zero-order valence-electron chi connectivity index (χ0n) is 12.5. The van der Waals surface area contributed by atoms with Crippen molar-refractivity contribution in [3.8, 4) is 0 Å². The van der Waals surface area contributed by atoms with Crippen LogP contribution in [0, 0.1) is 12.3 Å². The third kappa shape index (κ3) is 4.20. The van der Waals surface area contributed by atoms with Crippen molar-refractivity contribution >= 4 is 37.6 Å². The first-order chi connectivity index (χ1) is 8.99. The smallest absolute Gasteiger partial charge is 0.207 e. The van der Waals surface area contributed by atoms with Crippen LogP contribution in [-0.2, 0) is 15.9 Å². The summed E-state index contributed by atoms with van der Waals surface area (Å²) in [6, 6.07) is 3.51. The Morgan fingerprint density at radius 2 is 1.85 bits per heavy atom. The van der Waals surface area contributed by atoms with Crippen LogP contribution in [0.5, 0.6) is 0 Å². The predicted molar refractivity (Wildman–Crippen MR) is 87.7 cm³/mol. The molecule has 0 aliphatic carbocycles. The van der Waals surface area contributed by atoms with Gasteiger partial charge in [0.15, 0.2) is 0 Å². The van der Waals surface area contributed by atoms with Gasteiger partial charge in [0.05, 0.1) is 4.90 Å². The van der Waals surface area contributed by atoms with E-state index >= 15 is 0 Å². The van der Waals surface area contributed by atoms with Crippen molar-refractivity contribution < 1.29 is 8.42 Å². The van der Waals surface area contributed by atoms with E-state index in [1.54, 1.807) is 20.0 Å². The van der Waals surface area contributed by atoms with Crippen molar-refractivity contribution in [2.75, 3.05) is 13.6 Å². The minimum absolute atomic E-state index is 0.100. The van der Waals surface area contributed by atoms with E-state index in [1.807, 2.05) is 26.8 Å². The van der Waals surface area contributed by atoms with Gasteiger partial charge in [0.1, 0.15) is 0 Å². The summed E-state index contributed by atoms with van der Waals surface area (Å²) in [7, 11) is -1.90. The molecule has 0 unspecified atom stereocenters. The average molecular weight is 383 g/mol. The molecule has 6 heteroatoms. The van der Waals surface area contributed by atoms with E-state index in [4.69, 9.17) is 11.6 Å². The lowest BCUT2D eigenvalue weighted by molar-refractivity contribution is 0.310. The molecule has 0 aliphatic rings. The van der Waals surface area contributed by atoms with Crippen LogP contribution in [0.25, 0.3) is 0 Å². The van der Waals surface area contributed by atoms with E-state index in [0.717, 1.165) is 10.0 Å². The van der Waals surface area contributed by atoms with Crippen LogP contribution in [0.15, 0.2) is 21.5 Å². The minimum Gasteiger partial charge on any atom is -0.207 e. The Morgan fingerprint density at radius 1 is 1.30 bits per heavy atom. The summed E-state index contributed by atoms with van der Waals surface area (Å²) in [5.41, 5.74) is 1.39. The molecule has 0 heterocycles. The average Bonchev–Trinajstić information content (AvgIpc) is 2.29. The molecule has 0 atom stereocenters. The van der Waals surface area contributed by atoms with Crippen molar-refractivity contribution in [2.24, 2.45) is 5.41 Å². The van der Waals surface area contributed by atoms with Gasteiger partial charge >= 0.3 is 0 Å². The summed E-state index contributed by atoms with van der Waals surface area (Å²) in [4.78, 5) is 0.314. The molecule has 0 aromatic heterocycles.